The Morgan fingerprint density at radius 2 is 1.24 bits per heavy atom. The Kier molecular flexibility index (Phi) is 14.4. The highest BCUT2D eigenvalue weighted by Crippen LogP contribution is 2.25. The van der Waals surface area contributed by atoms with Crippen LogP contribution in [0.4, 0.5) is 0 Å². The van der Waals surface area contributed by atoms with Crippen molar-refractivity contribution in [3.05, 3.63) is 30.0 Å². The van der Waals surface area contributed by atoms with Crippen molar-refractivity contribution in [3.63, 3.8) is 0 Å². The molecule has 1 aromatic heterocycles. The van der Waals surface area contributed by atoms with Crippen LogP contribution in [0.25, 0.3) is 10.9 Å². The van der Waals surface area contributed by atoms with E-state index in [1.54, 1.807) is 18.3 Å². The van der Waals surface area contributed by atoms with Crippen LogP contribution in [-0.4, -0.2) is 16.7 Å². The summed E-state index contributed by atoms with van der Waals surface area (Å²) in [6.07, 6.45) is 25.1. The SMILES string of the molecule is CCCCCCCCCCCCCCCCCCCC(=O)c1c[nH]c2ccc(OC(C)=O)cc12. The predicted molar refractivity (Wildman–Crippen MR) is 143 cm³/mol. The van der Waals surface area contributed by atoms with E-state index in [0.29, 0.717) is 17.7 Å². The maximum Gasteiger partial charge on any atom is 0.308 e. The first-order valence-corrected chi connectivity index (χ1v) is 13.9. The minimum absolute atomic E-state index is 0.159. The molecule has 2 aromatic rings. The second kappa shape index (κ2) is 17.4. The normalized spacial score (nSPS) is 11.2. The van der Waals surface area contributed by atoms with Gasteiger partial charge in [-0.2, -0.15) is 0 Å². The van der Waals surface area contributed by atoms with Crippen LogP contribution >= 0.6 is 0 Å². The first kappa shape index (κ1) is 28.1. The number of ether oxygens (including phenoxy) is 1. The molecule has 1 heterocycles. The summed E-state index contributed by atoms with van der Waals surface area (Å²) >= 11 is 0. The number of hydrogen-bond donors (Lipinski definition) is 1. The molecule has 0 radical (unpaired) electrons. The molecule has 4 heteroatoms. The Hall–Kier alpha value is -2.10. The molecule has 0 spiro atoms. The molecule has 0 aliphatic carbocycles. The van der Waals surface area contributed by atoms with E-state index in [4.69, 9.17) is 4.74 Å². The molecule has 4 nitrogen and oxygen atoms in total. The second-order valence-corrected chi connectivity index (χ2v) is 9.83. The smallest absolute Gasteiger partial charge is 0.308 e. The summed E-state index contributed by atoms with van der Waals surface area (Å²) in [7, 11) is 0. The van der Waals surface area contributed by atoms with Crippen molar-refractivity contribution in [2.45, 2.75) is 129 Å². The quantitative estimate of drug-likeness (QED) is 0.0909. The number of carbonyl (C=O) groups excluding carboxylic acids is 2. The Bertz CT molecular complexity index is 839. The van der Waals surface area contributed by atoms with E-state index in [1.807, 2.05) is 6.07 Å². The van der Waals surface area contributed by atoms with Gasteiger partial charge in [0.25, 0.3) is 0 Å². The molecule has 0 amide bonds. The molecule has 0 fully saturated rings. The fourth-order valence-electron chi connectivity index (χ4n) is 4.70. The number of benzene rings is 1. The van der Waals surface area contributed by atoms with Gasteiger partial charge in [-0.15, -0.1) is 0 Å². The fourth-order valence-corrected chi connectivity index (χ4v) is 4.70. The number of carbonyl (C=O) groups is 2. The molecule has 0 bridgehead atoms. The van der Waals surface area contributed by atoms with Crippen molar-refractivity contribution in [1.29, 1.82) is 0 Å². The number of ketones is 1. The molecule has 1 N–H and O–H groups in total. The van der Waals surface area contributed by atoms with Gasteiger partial charge in [0.15, 0.2) is 5.78 Å². The van der Waals surface area contributed by atoms with Crippen LogP contribution in [0.2, 0.25) is 0 Å². The van der Waals surface area contributed by atoms with Crippen molar-refractivity contribution >= 4 is 22.7 Å². The lowest BCUT2D eigenvalue weighted by molar-refractivity contribution is -0.131. The Balaban J connectivity index is 1.46. The lowest BCUT2D eigenvalue weighted by Gasteiger charge is -2.04. The zero-order chi connectivity index (χ0) is 24.4. The molecule has 0 unspecified atom stereocenters. The highest BCUT2D eigenvalue weighted by Gasteiger charge is 2.13. The molecule has 0 aliphatic rings. The molecular weight excluding hydrogens is 422 g/mol. The van der Waals surface area contributed by atoms with Gasteiger partial charge in [0.2, 0.25) is 0 Å². The van der Waals surface area contributed by atoms with Crippen LogP contribution in [0.15, 0.2) is 24.4 Å². The molecule has 0 aliphatic heterocycles. The Morgan fingerprint density at radius 1 is 0.735 bits per heavy atom. The van der Waals surface area contributed by atoms with Gasteiger partial charge in [-0.1, -0.05) is 110 Å². The molecule has 0 atom stereocenters. The number of hydrogen-bond acceptors (Lipinski definition) is 3. The first-order valence-electron chi connectivity index (χ1n) is 13.9. The lowest BCUT2D eigenvalue weighted by Crippen LogP contribution is -2.01. The average Bonchev–Trinajstić information content (AvgIpc) is 3.24. The van der Waals surface area contributed by atoms with Crippen molar-refractivity contribution in [2.24, 2.45) is 0 Å². The van der Waals surface area contributed by atoms with Crippen LogP contribution in [-0.2, 0) is 4.79 Å². The maximum atomic E-state index is 12.7. The number of aromatic nitrogens is 1. The van der Waals surface area contributed by atoms with Gasteiger partial charge in [0.1, 0.15) is 5.75 Å². The zero-order valence-corrected chi connectivity index (χ0v) is 21.8. The predicted octanol–water partition coefficient (Wildman–Crippen LogP) is 9.32. The van der Waals surface area contributed by atoms with Gasteiger partial charge in [0, 0.05) is 36.0 Å². The maximum absolute atomic E-state index is 12.7. The second-order valence-electron chi connectivity index (χ2n) is 9.83. The summed E-state index contributed by atoms with van der Waals surface area (Å²) in [5.41, 5.74) is 1.59. The molecule has 2 rings (SSSR count). The minimum Gasteiger partial charge on any atom is -0.427 e. The summed E-state index contributed by atoms with van der Waals surface area (Å²) in [5, 5.41) is 0.829. The summed E-state index contributed by atoms with van der Waals surface area (Å²) in [6.45, 7) is 3.66. The summed E-state index contributed by atoms with van der Waals surface area (Å²) in [4.78, 5) is 27.0. The van der Waals surface area contributed by atoms with Crippen molar-refractivity contribution in [3.8, 4) is 5.75 Å². The third-order valence-corrected chi connectivity index (χ3v) is 6.72. The molecule has 34 heavy (non-hydrogen) atoms. The molecular formula is C30H47NO3. The number of Topliss-reactive ketones (excluding diaryl/α,β-unsaturated/α-hetero) is 1. The zero-order valence-electron chi connectivity index (χ0n) is 21.8. The van der Waals surface area contributed by atoms with Gasteiger partial charge in [-0.3, -0.25) is 9.59 Å². The van der Waals surface area contributed by atoms with E-state index in [0.717, 1.165) is 23.7 Å². The monoisotopic (exact) mass is 469 g/mol. The number of fused-ring (bicyclic) bond motifs is 1. The summed E-state index contributed by atoms with van der Waals surface area (Å²) in [6, 6.07) is 5.36. The number of nitrogens with one attached hydrogen (secondary N) is 1. The van der Waals surface area contributed by atoms with E-state index in [2.05, 4.69) is 11.9 Å². The van der Waals surface area contributed by atoms with E-state index in [1.165, 1.54) is 103 Å². The number of rotatable bonds is 20. The number of aromatic amines is 1. The fraction of sp³-hybridized carbons (Fsp3) is 0.667. The number of unbranched alkanes of at least 4 members (excludes halogenated alkanes) is 16. The molecule has 1 aromatic carbocycles. The van der Waals surface area contributed by atoms with Crippen LogP contribution in [0.1, 0.15) is 140 Å². The van der Waals surface area contributed by atoms with Crippen molar-refractivity contribution in [1.82, 2.24) is 4.98 Å². The standard InChI is InChI=1S/C30H47NO3/c1-3-4-5-6-7-8-9-10-11-12-13-14-15-16-17-18-19-20-30(33)28-24-31-29-22-21-26(23-27(28)29)34-25(2)32/h21-24,31H,3-20H2,1-2H3. The third kappa shape index (κ3) is 11.4. The first-order chi connectivity index (χ1) is 16.6. The van der Waals surface area contributed by atoms with E-state index >= 15 is 0 Å². The van der Waals surface area contributed by atoms with Crippen molar-refractivity contribution in [2.75, 3.05) is 0 Å². The van der Waals surface area contributed by atoms with E-state index in [9.17, 15) is 9.59 Å². The van der Waals surface area contributed by atoms with Crippen LogP contribution < -0.4 is 4.74 Å². The van der Waals surface area contributed by atoms with Gasteiger partial charge >= 0.3 is 5.97 Å². The van der Waals surface area contributed by atoms with E-state index in [-0.39, 0.29) is 11.8 Å². The molecule has 190 valence electrons. The molecule has 0 saturated carbocycles. The van der Waals surface area contributed by atoms with Gasteiger partial charge in [-0.05, 0) is 24.6 Å². The van der Waals surface area contributed by atoms with Crippen LogP contribution in [0, 0.1) is 0 Å². The highest BCUT2D eigenvalue weighted by atomic mass is 16.5. The summed E-state index contributed by atoms with van der Waals surface area (Å²) < 4.78 is 5.16. The third-order valence-electron chi connectivity index (χ3n) is 6.72. The lowest BCUT2D eigenvalue weighted by atomic mass is 10.0. The largest absolute Gasteiger partial charge is 0.427 e. The average molecular weight is 470 g/mol. The van der Waals surface area contributed by atoms with Crippen LogP contribution in [0.3, 0.4) is 0 Å². The van der Waals surface area contributed by atoms with Crippen molar-refractivity contribution < 1.29 is 14.3 Å². The minimum atomic E-state index is -0.355. The van der Waals surface area contributed by atoms with Gasteiger partial charge < -0.3 is 9.72 Å². The summed E-state index contributed by atoms with van der Waals surface area (Å²) in [5.74, 6) is 0.282. The van der Waals surface area contributed by atoms with E-state index < -0.39 is 0 Å². The Labute approximate surface area is 207 Å². The van der Waals surface area contributed by atoms with Crippen LogP contribution in [0.5, 0.6) is 5.75 Å². The number of esters is 1. The molecule has 0 saturated heterocycles. The Morgan fingerprint density at radius 3 is 1.74 bits per heavy atom. The number of H-pyrrole nitrogens is 1. The highest BCUT2D eigenvalue weighted by molar-refractivity contribution is 6.08. The van der Waals surface area contributed by atoms with Gasteiger partial charge in [0.05, 0.1) is 0 Å². The topological polar surface area (TPSA) is 59.2 Å². The van der Waals surface area contributed by atoms with Gasteiger partial charge in [-0.25, -0.2) is 0 Å².